The number of hydrogen-bond acceptors (Lipinski definition) is 5. The van der Waals surface area contributed by atoms with Gasteiger partial charge in [0.25, 0.3) is 5.91 Å². The van der Waals surface area contributed by atoms with Crippen molar-refractivity contribution in [2.45, 2.75) is 60.3 Å². The lowest BCUT2D eigenvalue weighted by Gasteiger charge is -2.12. The Bertz CT molecular complexity index is 995. The van der Waals surface area contributed by atoms with Crippen molar-refractivity contribution in [1.82, 2.24) is 15.3 Å². The van der Waals surface area contributed by atoms with E-state index in [1.165, 1.54) is 11.3 Å². The molecular formula is C22H27N3O2S. The second-order valence-electron chi connectivity index (χ2n) is 7.13. The molecule has 1 amide bonds. The lowest BCUT2D eigenvalue weighted by atomic mass is 10.1. The molecule has 1 N–H and O–H groups in total. The number of nitrogens with zero attached hydrogens (tertiary/aromatic N) is 2. The van der Waals surface area contributed by atoms with Crippen LogP contribution >= 0.6 is 11.3 Å². The van der Waals surface area contributed by atoms with E-state index in [4.69, 9.17) is 4.74 Å². The van der Waals surface area contributed by atoms with E-state index >= 15 is 0 Å². The van der Waals surface area contributed by atoms with Crippen LogP contribution in [-0.2, 0) is 24.3 Å². The number of carbonyl (C=O) groups excluding carboxylic acids is 1. The number of carbonyl (C=O) groups is 1. The number of aryl methyl sites for hydroxylation is 3. The van der Waals surface area contributed by atoms with E-state index in [9.17, 15) is 4.79 Å². The number of thiophene rings is 1. The van der Waals surface area contributed by atoms with Gasteiger partial charge in [-0.2, -0.15) is 0 Å². The Morgan fingerprint density at radius 1 is 1.18 bits per heavy atom. The summed E-state index contributed by atoms with van der Waals surface area (Å²) in [4.78, 5) is 23.6. The van der Waals surface area contributed by atoms with Crippen molar-refractivity contribution in [3.8, 4) is 0 Å². The summed E-state index contributed by atoms with van der Waals surface area (Å²) in [5.74, 6) is 0.745. The number of ether oxygens (including phenoxy) is 1. The van der Waals surface area contributed by atoms with Crippen LogP contribution in [0.2, 0.25) is 0 Å². The smallest absolute Gasteiger partial charge is 0.261 e. The van der Waals surface area contributed by atoms with Gasteiger partial charge in [-0.1, -0.05) is 31.2 Å². The zero-order chi connectivity index (χ0) is 20.3. The number of amides is 1. The molecule has 28 heavy (non-hydrogen) atoms. The third-order valence-electron chi connectivity index (χ3n) is 4.67. The summed E-state index contributed by atoms with van der Waals surface area (Å²) < 4.78 is 5.73. The Balaban J connectivity index is 1.79. The Hall–Kier alpha value is -2.31. The zero-order valence-corrected chi connectivity index (χ0v) is 17.9. The number of aromatic nitrogens is 2. The van der Waals surface area contributed by atoms with Crippen molar-refractivity contribution in [1.29, 1.82) is 0 Å². The van der Waals surface area contributed by atoms with Crippen molar-refractivity contribution in [2.75, 3.05) is 0 Å². The van der Waals surface area contributed by atoms with Crippen molar-refractivity contribution in [3.63, 3.8) is 0 Å². The summed E-state index contributed by atoms with van der Waals surface area (Å²) in [6.45, 7) is 11.0. The first-order valence-corrected chi connectivity index (χ1v) is 10.5. The fraction of sp³-hybridized carbons (Fsp3) is 0.409. The average Bonchev–Trinajstić information content (AvgIpc) is 3.02. The monoisotopic (exact) mass is 397 g/mol. The van der Waals surface area contributed by atoms with Crippen molar-refractivity contribution >= 4 is 27.5 Å². The number of benzene rings is 1. The summed E-state index contributed by atoms with van der Waals surface area (Å²) in [7, 11) is 0. The molecule has 3 aromatic rings. The highest BCUT2D eigenvalue weighted by atomic mass is 32.1. The van der Waals surface area contributed by atoms with Gasteiger partial charge in [-0.3, -0.25) is 4.79 Å². The minimum absolute atomic E-state index is 0.0717. The topological polar surface area (TPSA) is 64.1 Å². The van der Waals surface area contributed by atoms with Crippen molar-refractivity contribution < 1.29 is 9.53 Å². The van der Waals surface area contributed by atoms with Crippen LogP contribution in [0.25, 0.3) is 10.2 Å². The maximum absolute atomic E-state index is 12.9. The highest BCUT2D eigenvalue weighted by Crippen LogP contribution is 2.31. The van der Waals surface area contributed by atoms with Crippen LogP contribution in [0.3, 0.4) is 0 Å². The van der Waals surface area contributed by atoms with Crippen LogP contribution in [0.1, 0.15) is 58.7 Å². The van der Waals surface area contributed by atoms with Gasteiger partial charge < -0.3 is 10.1 Å². The Kier molecular flexibility index (Phi) is 6.42. The molecule has 148 valence electrons. The van der Waals surface area contributed by atoms with E-state index in [0.717, 1.165) is 44.8 Å². The lowest BCUT2D eigenvalue weighted by molar-refractivity contribution is 0.0651. The summed E-state index contributed by atoms with van der Waals surface area (Å²) in [5.41, 5.74) is 4.05. The van der Waals surface area contributed by atoms with Crippen LogP contribution in [0.4, 0.5) is 0 Å². The summed E-state index contributed by atoms with van der Waals surface area (Å²) in [5, 5.41) is 4.06. The standard InChI is InChI=1S/C22H27N3O2S/c1-6-18-24-15(5)19-14(4)20(28-22(19)25-18)21(26)23-11-16-9-7-8-10-17(16)12-27-13(2)3/h7-10,13H,6,11-12H2,1-5H3,(H,23,26). The SMILES string of the molecule is CCc1nc(C)c2c(C)c(C(=O)NCc3ccccc3COC(C)C)sc2n1. The first-order valence-electron chi connectivity index (χ1n) is 9.63. The van der Waals surface area contributed by atoms with Gasteiger partial charge >= 0.3 is 0 Å². The number of rotatable bonds is 7. The maximum atomic E-state index is 12.9. The average molecular weight is 398 g/mol. The number of fused-ring (bicyclic) bond motifs is 1. The highest BCUT2D eigenvalue weighted by Gasteiger charge is 2.19. The van der Waals surface area contributed by atoms with Gasteiger partial charge in [-0.05, 0) is 44.4 Å². The summed E-state index contributed by atoms with van der Waals surface area (Å²) >= 11 is 1.44. The normalized spacial score (nSPS) is 11.4. The minimum Gasteiger partial charge on any atom is -0.374 e. The molecule has 1 aromatic carbocycles. The Labute approximate surface area is 170 Å². The van der Waals surface area contributed by atoms with Gasteiger partial charge in [0.1, 0.15) is 10.7 Å². The minimum atomic E-state index is -0.0717. The lowest BCUT2D eigenvalue weighted by Crippen LogP contribution is -2.23. The van der Waals surface area contributed by atoms with Crippen LogP contribution in [-0.4, -0.2) is 22.0 Å². The van der Waals surface area contributed by atoms with Gasteiger partial charge in [0.15, 0.2) is 0 Å². The molecule has 0 bridgehead atoms. The number of hydrogen-bond donors (Lipinski definition) is 1. The van der Waals surface area contributed by atoms with Crippen LogP contribution < -0.4 is 5.32 Å². The highest BCUT2D eigenvalue weighted by molar-refractivity contribution is 7.20. The van der Waals surface area contributed by atoms with Gasteiger partial charge in [0, 0.05) is 24.0 Å². The third kappa shape index (κ3) is 4.39. The molecule has 6 heteroatoms. The number of nitrogens with one attached hydrogen (secondary N) is 1. The van der Waals surface area contributed by atoms with E-state index < -0.39 is 0 Å². The fourth-order valence-corrected chi connectivity index (χ4v) is 4.32. The predicted molar refractivity (Wildman–Crippen MR) is 114 cm³/mol. The van der Waals surface area contributed by atoms with Gasteiger partial charge in [0.05, 0.1) is 17.6 Å². The van der Waals surface area contributed by atoms with E-state index in [2.05, 4.69) is 15.3 Å². The van der Waals surface area contributed by atoms with Gasteiger partial charge in [-0.15, -0.1) is 11.3 Å². The van der Waals surface area contributed by atoms with Crippen molar-refractivity contribution in [3.05, 3.63) is 57.4 Å². The summed E-state index contributed by atoms with van der Waals surface area (Å²) in [6, 6.07) is 8.05. The molecule has 0 atom stereocenters. The predicted octanol–water partition coefficient (Wildman–Crippen LogP) is 4.73. The van der Waals surface area contributed by atoms with Crippen molar-refractivity contribution in [2.24, 2.45) is 0 Å². The molecule has 0 saturated carbocycles. The van der Waals surface area contributed by atoms with E-state index in [-0.39, 0.29) is 12.0 Å². The molecule has 0 aliphatic rings. The molecule has 0 aliphatic heterocycles. The van der Waals surface area contributed by atoms with Crippen LogP contribution in [0.15, 0.2) is 24.3 Å². The van der Waals surface area contributed by atoms with Crippen LogP contribution in [0.5, 0.6) is 0 Å². The molecule has 5 nitrogen and oxygen atoms in total. The molecule has 0 spiro atoms. The van der Waals surface area contributed by atoms with E-state index in [0.29, 0.717) is 18.0 Å². The summed E-state index contributed by atoms with van der Waals surface area (Å²) in [6.07, 6.45) is 0.950. The molecule has 0 fully saturated rings. The fourth-order valence-electron chi connectivity index (χ4n) is 3.15. The van der Waals surface area contributed by atoms with Gasteiger partial charge in [0.2, 0.25) is 0 Å². The largest absolute Gasteiger partial charge is 0.374 e. The molecule has 0 saturated heterocycles. The zero-order valence-electron chi connectivity index (χ0n) is 17.1. The molecule has 0 aliphatic carbocycles. The first-order chi connectivity index (χ1) is 13.4. The second-order valence-corrected chi connectivity index (χ2v) is 8.13. The second kappa shape index (κ2) is 8.80. The van der Waals surface area contributed by atoms with Crippen LogP contribution in [0, 0.1) is 13.8 Å². The molecular weight excluding hydrogens is 370 g/mol. The third-order valence-corrected chi connectivity index (χ3v) is 5.85. The Morgan fingerprint density at radius 2 is 1.89 bits per heavy atom. The molecule has 3 rings (SSSR count). The van der Waals surface area contributed by atoms with E-state index in [1.807, 2.05) is 58.9 Å². The Morgan fingerprint density at radius 3 is 2.57 bits per heavy atom. The molecule has 2 aromatic heterocycles. The molecule has 2 heterocycles. The first kappa shape index (κ1) is 20.4. The molecule has 0 unspecified atom stereocenters. The van der Waals surface area contributed by atoms with Gasteiger partial charge in [-0.25, -0.2) is 9.97 Å². The van der Waals surface area contributed by atoms with E-state index in [1.54, 1.807) is 0 Å². The maximum Gasteiger partial charge on any atom is 0.261 e. The molecule has 0 radical (unpaired) electrons. The quantitative estimate of drug-likeness (QED) is 0.626.